The number of aromatic nitrogens is 4. The fourth-order valence-electron chi connectivity index (χ4n) is 1.84. The van der Waals surface area contributed by atoms with Crippen LogP contribution in [0.25, 0.3) is 11.2 Å². The molecule has 1 N–H and O–H groups in total. The Hall–Kier alpha value is -1.72. The van der Waals surface area contributed by atoms with Gasteiger partial charge in [-0.1, -0.05) is 17.7 Å². The van der Waals surface area contributed by atoms with Crippen LogP contribution < -0.4 is 0 Å². The molecule has 6 heteroatoms. The molecule has 90 valence electrons. The molecule has 0 aromatic carbocycles. The van der Waals surface area contributed by atoms with Crippen LogP contribution in [0, 0.1) is 4.77 Å². The van der Waals surface area contributed by atoms with Crippen molar-refractivity contribution < 1.29 is 0 Å². The number of pyridine rings is 2. The van der Waals surface area contributed by atoms with E-state index in [1.807, 2.05) is 29.0 Å². The van der Waals surface area contributed by atoms with Crippen LogP contribution >= 0.6 is 23.8 Å². The number of H-pyrrole nitrogens is 1. The topological polar surface area (TPSA) is 46.5 Å². The maximum Gasteiger partial charge on any atom is 0.179 e. The first-order chi connectivity index (χ1) is 8.74. The number of rotatable bonds is 2. The number of hydrogen-bond donors (Lipinski definition) is 1. The Balaban J connectivity index is 2.12. The first-order valence-electron chi connectivity index (χ1n) is 5.37. The van der Waals surface area contributed by atoms with Gasteiger partial charge >= 0.3 is 0 Å². The molecule has 0 unspecified atom stereocenters. The zero-order chi connectivity index (χ0) is 12.5. The van der Waals surface area contributed by atoms with Gasteiger partial charge in [0.15, 0.2) is 10.4 Å². The van der Waals surface area contributed by atoms with Gasteiger partial charge in [-0.3, -0.25) is 9.55 Å². The highest BCUT2D eigenvalue weighted by Gasteiger charge is 2.06. The van der Waals surface area contributed by atoms with Gasteiger partial charge in [-0.05, 0) is 29.9 Å². The predicted octanol–water partition coefficient (Wildman–Crippen LogP) is 3.19. The third kappa shape index (κ3) is 2.02. The zero-order valence-electron chi connectivity index (χ0n) is 9.30. The number of imidazole rings is 1. The molecule has 3 rings (SSSR count). The van der Waals surface area contributed by atoms with Crippen molar-refractivity contribution in [3.8, 4) is 0 Å². The van der Waals surface area contributed by atoms with Crippen molar-refractivity contribution in [2.75, 3.05) is 0 Å². The second kappa shape index (κ2) is 4.51. The van der Waals surface area contributed by atoms with Crippen LogP contribution in [0.3, 0.4) is 0 Å². The Morgan fingerprint density at radius 2 is 2.28 bits per heavy atom. The van der Waals surface area contributed by atoms with E-state index in [4.69, 9.17) is 23.8 Å². The van der Waals surface area contributed by atoms with Crippen LogP contribution in [-0.2, 0) is 6.54 Å². The Morgan fingerprint density at radius 3 is 3.06 bits per heavy atom. The Bertz CT molecular complexity index is 748. The average Bonchev–Trinajstić information content (AvgIpc) is 2.66. The quantitative estimate of drug-likeness (QED) is 0.731. The lowest BCUT2D eigenvalue weighted by molar-refractivity contribution is 0.797. The molecule has 0 aliphatic heterocycles. The average molecular weight is 277 g/mol. The summed E-state index contributed by atoms with van der Waals surface area (Å²) in [6.45, 7) is 0.640. The number of halogens is 1. The summed E-state index contributed by atoms with van der Waals surface area (Å²) < 4.78 is 2.56. The van der Waals surface area contributed by atoms with Gasteiger partial charge < -0.3 is 4.98 Å². The third-order valence-electron chi connectivity index (χ3n) is 2.64. The molecule has 18 heavy (non-hydrogen) atoms. The van der Waals surface area contributed by atoms with E-state index in [-0.39, 0.29) is 0 Å². The molecule has 0 fully saturated rings. The van der Waals surface area contributed by atoms with Gasteiger partial charge in [0.05, 0.1) is 17.1 Å². The monoisotopic (exact) mass is 276 g/mol. The van der Waals surface area contributed by atoms with E-state index in [1.165, 1.54) is 0 Å². The lowest BCUT2D eigenvalue weighted by Gasteiger charge is -2.03. The number of fused-ring (bicyclic) bond motifs is 1. The van der Waals surface area contributed by atoms with Gasteiger partial charge in [-0.25, -0.2) is 4.98 Å². The Labute approximate surface area is 113 Å². The second-order valence-corrected chi connectivity index (χ2v) is 4.73. The molecule has 0 aliphatic rings. The summed E-state index contributed by atoms with van der Waals surface area (Å²) in [6.07, 6.45) is 5.18. The predicted molar refractivity (Wildman–Crippen MR) is 73.3 cm³/mol. The molecule has 0 radical (unpaired) electrons. The summed E-state index contributed by atoms with van der Waals surface area (Å²) in [5.74, 6) is 0. The van der Waals surface area contributed by atoms with Gasteiger partial charge in [0.2, 0.25) is 0 Å². The molecule has 3 heterocycles. The molecular weight excluding hydrogens is 268 g/mol. The van der Waals surface area contributed by atoms with E-state index in [0.717, 1.165) is 16.7 Å². The van der Waals surface area contributed by atoms with Crippen molar-refractivity contribution in [1.29, 1.82) is 0 Å². The molecule has 0 saturated heterocycles. The minimum absolute atomic E-state index is 0.590. The van der Waals surface area contributed by atoms with Crippen LogP contribution in [0.2, 0.25) is 5.02 Å². The molecule has 0 bridgehead atoms. The molecule has 0 atom stereocenters. The van der Waals surface area contributed by atoms with Crippen LogP contribution in [-0.4, -0.2) is 19.5 Å². The summed E-state index contributed by atoms with van der Waals surface area (Å²) in [7, 11) is 0. The summed E-state index contributed by atoms with van der Waals surface area (Å²) in [5, 5.41) is 0.590. The molecule has 0 spiro atoms. The van der Waals surface area contributed by atoms with E-state index in [1.54, 1.807) is 12.4 Å². The van der Waals surface area contributed by atoms with E-state index >= 15 is 0 Å². The Kier molecular flexibility index (Phi) is 2.85. The molecule has 3 aromatic rings. The van der Waals surface area contributed by atoms with E-state index in [2.05, 4.69) is 15.0 Å². The van der Waals surface area contributed by atoms with Crippen molar-refractivity contribution in [1.82, 2.24) is 19.5 Å². The maximum atomic E-state index is 5.90. The van der Waals surface area contributed by atoms with Crippen molar-refractivity contribution in [3.63, 3.8) is 0 Å². The normalized spacial score (nSPS) is 10.9. The van der Waals surface area contributed by atoms with Crippen LogP contribution in [0.15, 0.2) is 36.8 Å². The number of aromatic amines is 1. The highest BCUT2D eigenvalue weighted by Crippen LogP contribution is 2.17. The minimum atomic E-state index is 0.590. The van der Waals surface area contributed by atoms with Crippen LogP contribution in [0.5, 0.6) is 0 Å². The molecule has 4 nitrogen and oxygen atoms in total. The van der Waals surface area contributed by atoms with Crippen LogP contribution in [0.1, 0.15) is 5.56 Å². The van der Waals surface area contributed by atoms with Crippen molar-refractivity contribution in [2.45, 2.75) is 6.54 Å². The molecule has 0 amide bonds. The number of hydrogen-bond acceptors (Lipinski definition) is 3. The lowest BCUT2D eigenvalue weighted by Crippen LogP contribution is -2.00. The third-order valence-corrected chi connectivity index (χ3v) is 3.17. The number of nitrogens with zero attached hydrogens (tertiary/aromatic N) is 3. The van der Waals surface area contributed by atoms with Crippen LogP contribution in [0.4, 0.5) is 0 Å². The first-order valence-corrected chi connectivity index (χ1v) is 6.15. The fraction of sp³-hybridized carbons (Fsp3) is 0.0833. The molecule has 0 saturated carbocycles. The largest absolute Gasteiger partial charge is 0.329 e. The number of nitrogens with one attached hydrogen (secondary N) is 1. The molecule has 3 aromatic heterocycles. The highest BCUT2D eigenvalue weighted by atomic mass is 35.5. The Morgan fingerprint density at radius 1 is 1.39 bits per heavy atom. The summed E-state index contributed by atoms with van der Waals surface area (Å²) in [6, 6.07) is 5.72. The molecule has 0 aliphatic carbocycles. The van der Waals surface area contributed by atoms with Crippen molar-refractivity contribution in [2.24, 2.45) is 0 Å². The fourth-order valence-corrected chi connectivity index (χ4v) is 2.26. The van der Waals surface area contributed by atoms with Gasteiger partial charge in [0, 0.05) is 18.6 Å². The van der Waals surface area contributed by atoms with Gasteiger partial charge in [-0.15, -0.1) is 0 Å². The summed E-state index contributed by atoms with van der Waals surface area (Å²) in [4.78, 5) is 11.5. The zero-order valence-corrected chi connectivity index (χ0v) is 10.9. The summed E-state index contributed by atoms with van der Waals surface area (Å²) >= 11 is 11.2. The van der Waals surface area contributed by atoms with E-state index < -0.39 is 0 Å². The smallest absolute Gasteiger partial charge is 0.179 e. The lowest BCUT2D eigenvalue weighted by atomic mass is 10.3. The SMILES string of the molecule is S=c1[nH]c2cc(Cl)cnc2n1Cc1cccnc1. The maximum absolute atomic E-state index is 5.90. The van der Waals surface area contributed by atoms with E-state index in [9.17, 15) is 0 Å². The summed E-state index contributed by atoms with van der Waals surface area (Å²) in [5.41, 5.74) is 2.72. The first kappa shape index (κ1) is 11.4. The standard InChI is InChI=1S/C12H9ClN4S/c13-9-4-10-11(15-6-9)17(12(18)16-10)7-8-2-1-3-14-5-8/h1-6H,7H2,(H,16,18). The van der Waals surface area contributed by atoms with Gasteiger partial charge in [-0.2, -0.15) is 0 Å². The van der Waals surface area contributed by atoms with Crippen molar-refractivity contribution in [3.05, 3.63) is 52.1 Å². The van der Waals surface area contributed by atoms with E-state index in [0.29, 0.717) is 16.3 Å². The van der Waals surface area contributed by atoms with Gasteiger partial charge in [0.25, 0.3) is 0 Å². The highest BCUT2D eigenvalue weighted by molar-refractivity contribution is 7.71. The minimum Gasteiger partial charge on any atom is -0.329 e. The van der Waals surface area contributed by atoms with Gasteiger partial charge in [0.1, 0.15) is 0 Å². The molecular formula is C12H9ClN4S. The van der Waals surface area contributed by atoms with Crippen molar-refractivity contribution >= 4 is 35.0 Å². The second-order valence-electron chi connectivity index (χ2n) is 3.90.